The zero-order chi connectivity index (χ0) is 11.6. The van der Waals surface area contributed by atoms with Crippen molar-refractivity contribution in [1.82, 2.24) is 0 Å². The number of halogens is 2. The van der Waals surface area contributed by atoms with Gasteiger partial charge in [-0.25, -0.2) is 4.79 Å². The summed E-state index contributed by atoms with van der Waals surface area (Å²) in [5.74, 6) is -1.27. The van der Waals surface area contributed by atoms with Crippen molar-refractivity contribution in [3.63, 3.8) is 0 Å². The second kappa shape index (κ2) is 6.80. The van der Waals surface area contributed by atoms with Crippen LogP contribution < -0.4 is 34.3 Å². The van der Waals surface area contributed by atoms with Gasteiger partial charge in [0, 0.05) is 11.3 Å². The van der Waals surface area contributed by atoms with E-state index in [1.165, 1.54) is 0 Å². The van der Waals surface area contributed by atoms with Gasteiger partial charge < -0.3 is 15.8 Å². The second-order valence-electron chi connectivity index (χ2n) is 2.45. The molecule has 0 aliphatic heterocycles. The van der Waals surface area contributed by atoms with Crippen LogP contribution in [0, 0.1) is 0 Å². The van der Waals surface area contributed by atoms with E-state index in [9.17, 15) is 13.6 Å². The second-order valence-corrected chi connectivity index (χ2v) is 3.94. The predicted octanol–water partition coefficient (Wildman–Crippen LogP) is -0.986. The Hall–Kier alpha value is 0.180. The third-order valence-electron chi connectivity index (χ3n) is 1.48. The van der Waals surface area contributed by atoms with Crippen LogP contribution in [0.4, 0.5) is 5.69 Å². The van der Waals surface area contributed by atoms with Gasteiger partial charge in [-0.1, -0.05) is 23.2 Å². The van der Waals surface area contributed by atoms with Gasteiger partial charge in [0.2, 0.25) is 0 Å². The molecule has 2 N–H and O–H groups in total. The fourth-order valence-electron chi connectivity index (χ4n) is 0.881. The van der Waals surface area contributed by atoms with Crippen LogP contribution in [0.5, 0.6) is 0 Å². The first-order valence-corrected chi connectivity index (χ1v) is 5.33. The van der Waals surface area contributed by atoms with Crippen LogP contribution in [-0.4, -0.2) is 19.8 Å². The fourth-order valence-corrected chi connectivity index (χ4v) is 1.80. The van der Waals surface area contributed by atoms with Gasteiger partial charge in [0.05, 0.1) is 21.3 Å². The summed E-state index contributed by atoms with van der Waals surface area (Å²) in [7, 11) is 0. The standard InChI is InChI=1S/C7H5Cl2NO4S.Na.H/c8-4-2-5(9)6(10-15(13)14)1-3(4)7(11)12;;/h1-2,10H,(H,11,12)(H,13,14);;/q;+1;-1/p-1. The molecule has 0 aliphatic carbocycles. The predicted molar refractivity (Wildman–Crippen MR) is 57.1 cm³/mol. The van der Waals surface area contributed by atoms with Gasteiger partial charge in [-0.05, 0) is 12.1 Å². The van der Waals surface area contributed by atoms with Crippen molar-refractivity contribution in [2.75, 3.05) is 4.72 Å². The molecule has 0 bridgehead atoms. The number of carbonyl (C=O) groups is 1. The largest absolute Gasteiger partial charge is 1.00 e. The Balaban J connectivity index is 0. The van der Waals surface area contributed by atoms with Crippen molar-refractivity contribution in [1.29, 1.82) is 0 Å². The first-order chi connectivity index (χ1) is 6.91. The number of carboxylic acid groups (broad SMARTS) is 1. The zero-order valence-corrected chi connectivity index (χ0v) is 12.3. The van der Waals surface area contributed by atoms with Crippen molar-refractivity contribution in [2.45, 2.75) is 0 Å². The Morgan fingerprint density at radius 2 is 2.00 bits per heavy atom. The molecule has 0 spiro atoms. The molecule has 0 aliphatic rings. The summed E-state index contributed by atoms with van der Waals surface area (Å²) in [6.45, 7) is 0. The summed E-state index contributed by atoms with van der Waals surface area (Å²) < 4.78 is 22.6. The number of benzene rings is 1. The SMILES string of the molecule is O=C(O)c1cc(NS(=O)[O-])c(Cl)cc1Cl.[H-].[Na+]. The Kier molecular flexibility index (Phi) is 6.88. The number of carboxylic acids is 1. The minimum Gasteiger partial charge on any atom is -1.00 e. The Labute approximate surface area is 127 Å². The van der Waals surface area contributed by atoms with Crippen LogP contribution >= 0.6 is 23.2 Å². The maximum absolute atomic E-state index is 10.7. The number of rotatable bonds is 3. The van der Waals surface area contributed by atoms with E-state index in [0.717, 1.165) is 12.1 Å². The molecule has 5 nitrogen and oxygen atoms in total. The summed E-state index contributed by atoms with van der Waals surface area (Å²) >= 11 is 8.65. The molecule has 1 aromatic carbocycles. The molecule has 16 heavy (non-hydrogen) atoms. The van der Waals surface area contributed by atoms with Gasteiger partial charge in [-0.3, -0.25) is 4.21 Å². The van der Waals surface area contributed by atoms with Gasteiger partial charge in [-0.2, -0.15) is 0 Å². The summed E-state index contributed by atoms with van der Waals surface area (Å²) in [6.07, 6.45) is 0. The molecule has 1 rings (SSSR count). The third kappa shape index (κ3) is 4.21. The molecule has 0 radical (unpaired) electrons. The Morgan fingerprint density at radius 1 is 1.44 bits per heavy atom. The van der Waals surface area contributed by atoms with Crippen molar-refractivity contribution < 1.29 is 49.6 Å². The van der Waals surface area contributed by atoms with Crippen molar-refractivity contribution >= 4 is 46.1 Å². The van der Waals surface area contributed by atoms with E-state index >= 15 is 0 Å². The van der Waals surface area contributed by atoms with Crippen LogP contribution in [0.15, 0.2) is 12.1 Å². The normalized spacial score (nSPS) is 11.4. The van der Waals surface area contributed by atoms with Gasteiger partial charge in [0.1, 0.15) is 0 Å². The van der Waals surface area contributed by atoms with Gasteiger partial charge in [0.15, 0.2) is 0 Å². The van der Waals surface area contributed by atoms with E-state index in [4.69, 9.17) is 28.3 Å². The van der Waals surface area contributed by atoms with E-state index in [1.807, 2.05) is 4.72 Å². The van der Waals surface area contributed by atoms with Crippen molar-refractivity contribution in [3.05, 3.63) is 27.7 Å². The molecule has 0 heterocycles. The number of hydrogen-bond acceptors (Lipinski definition) is 3. The topological polar surface area (TPSA) is 89.5 Å². The molecule has 0 aromatic heterocycles. The van der Waals surface area contributed by atoms with E-state index < -0.39 is 17.2 Å². The van der Waals surface area contributed by atoms with Crippen LogP contribution in [0.2, 0.25) is 10.0 Å². The molecule has 0 amide bonds. The molecular weight excluding hydrogens is 288 g/mol. The maximum Gasteiger partial charge on any atom is 1.00 e. The molecule has 9 heteroatoms. The number of aromatic carboxylic acids is 1. The van der Waals surface area contributed by atoms with E-state index in [0.29, 0.717) is 0 Å². The first-order valence-electron chi connectivity index (χ1n) is 3.50. The molecule has 0 saturated carbocycles. The number of hydrogen-bond donors (Lipinski definition) is 2. The molecule has 0 saturated heterocycles. The molecular formula is C7H5Cl2NNaO4S-. The average molecular weight is 293 g/mol. The van der Waals surface area contributed by atoms with Gasteiger partial charge in [-0.15, -0.1) is 0 Å². The minimum atomic E-state index is -2.58. The summed E-state index contributed by atoms with van der Waals surface area (Å²) in [5.41, 5.74) is -0.263. The first kappa shape index (κ1) is 16.2. The molecule has 0 fully saturated rings. The van der Waals surface area contributed by atoms with E-state index in [-0.39, 0.29) is 52.3 Å². The smallest absolute Gasteiger partial charge is 1.00 e. The third-order valence-corrected chi connectivity index (χ3v) is 2.49. The van der Waals surface area contributed by atoms with Gasteiger partial charge in [0.25, 0.3) is 0 Å². The van der Waals surface area contributed by atoms with E-state index in [2.05, 4.69) is 0 Å². The van der Waals surface area contributed by atoms with Crippen LogP contribution in [-0.2, 0) is 11.3 Å². The average Bonchev–Trinajstić information content (AvgIpc) is 2.08. The summed E-state index contributed by atoms with van der Waals surface area (Å²) in [6, 6.07) is 2.20. The fraction of sp³-hybridized carbons (Fsp3) is 0. The molecule has 1 aromatic rings. The van der Waals surface area contributed by atoms with Crippen molar-refractivity contribution in [2.24, 2.45) is 0 Å². The van der Waals surface area contributed by atoms with E-state index in [1.54, 1.807) is 0 Å². The minimum absolute atomic E-state index is 0. The van der Waals surface area contributed by atoms with Gasteiger partial charge >= 0.3 is 35.5 Å². The molecule has 84 valence electrons. The zero-order valence-electron chi connectivity index (χ0n) is 8.99. The van der Waals surface area contributed by atoms with Crippen LogP contribution in [0.1, 0.15) is 11.8 Å². The number of anilines is 1. The van der Waals surface area contributed by atoms with Crippen LogP contribution in [0.25, 0.3) is 0 Å². The van der Waals surface area contributed by atoms with Crippen molar-refractivity contribution in [3.8, 4) is 0 Å². The summed E-state index contributed by atoms with van der Waals surface area (Å²) in [5, 5.41) is 8.67. The quantitative estimate of drug-likeness (QED) is 0.553. The molecule has 1 unspecified atom stereocenters. The Morgan fingerprint density at radius 3 is 2.44 bits per heavy atom. The maximum atomic E-state index is 10.7. The Bertz CT molecular complexity index is 448. The monoisotopic (exact) mass is 292 g/mol. The number of nitrogens with one attached hydrogen (secondary N) is 1. The summed E-state index contributed by atoms with van der Waals surface area (Å²) in [4.78, 5) is 10.7. The van der Waals surface area contributed by atoms with Crippen LogP contribution in [0.3, 0.4) is 0 Å². The molecule has 1 atom stereocenters.